The van der Waals surface area contributed by atoms with Crippen LogP contribution in [-0.4, -0.2) is 31.4 Å². The van der Waals surface area contributed by atoms with E-state index in [4.69, 9.17) is 11.6 Å². The lowest BCUT2D eigenvalue weighted by molar-refractivity contribution is -0.113. The number of amides is 1. The van der Waals surface area contributed by atoms with E-state index in [9.17, 15) is 14.0 Å². The normalized spacial score (nSPS) is 11.0. The number of thioether (sulfide) groups is 1. The fourth-order valence-electron chi connectivity index (χ4n) is 2.69. The predicted molar refractivity (Wildman–Crippen MR) is 110 cm³/mol. The highest BCUT2D eigenvalue weighted by atomic mass is 35.5. The number of hydrogen-bond donors (Lipinski definition) is 2. The smallest absolute Gasteiger partial charge is 0.269 e. The molecule has 146 valence electrons. The van der Waals surface area contributed by atoms with Crippen LogP contribution in [0.5, 0.6) is 0 Å². The summed E-state index contributed by atoms with van der Waals surface area (Å²) < 4.78 is 14.8. The maximum atomic E-state index is 13.4. The number of nitrogens with one attached hydrogen (secondary N) is 2. The molecule has 0 unspecified atom stereocenters. The lowest BCUT2D eigenvalue weighted by Gasteiger charge is -2.12. The van der Waals surface area contributed by atoms with E-state index < -0.39 is 11.7 Å². The summed E-state index contributed by atoms with van der Waals surface area (Å²) in [5, 5.41) is 9.99. The van der Waals surface area contributed by atoms with E-state index in [0.717, 1.165) is 17.8 Å². The molecule has 0 aliphatic carbocycles. The summed E-state index contributed by atoms with van der Waals surface area (Å²) in [6.07, 6.45) is 1.41. The van der Waals surface area contributed by atoms with Gasteiger partial charge in [0.1, 0.15) is 11.2 Å². The van der Waals surface area contributed by atoms with Crippen LogP contribution in [0, 0.1) is 5.82 Å². The molecule has 10 heteroatoms. The Balaban J connectivity index is 1.63. The molecular formula is C19H13ClFN5O2S. The minimum atomic E-state index is -0.512. The molecule has 0 saturated carbocycles. The van der Waals surface area contributed by atoms with E-state index in [1.54, 1.807) is 24.3 Å². The van der Waals surface area contributed by atoms with Crippen molar-refractivity contribution in [3.05, 3.63) is 75.9 Å². The van der Waals surface area contributed by atoms with Crippen LogP contribution >= 0.6 is 23.4 Å². The average molecular weight is 430 g/mol. The number of nitrogens with zero attached hydrogens (tertiary/aromatic N) is 3. The Hall–Kier alpha value is -3.17. The van der Waals surface area contributed by atoms with Crippen molar-refractivity contribution >= 4 is 46.0 Å². The van der Waals surface area contributed by atoms with Crippen molar-refractivity contribution in [3.8, 4) is 5.69 Å². The minimum absolute atomic E-state index is 0.0637. The van der Waals surface area contributed by atoms with Crippen LogP contribution in [0.4, 0.5) is 10.1 Å². The summed E-state index contributed by atoms with van der Waals surface area (Å²) in [5.74, 6) is -0.992. The van der Waals surface area contributed by atoms with Crippen molar-refractivity contribution in [1.29, 1.82) is 0 Å². The van der Waals surface area contributed by atoms with Gasteiger partial charge in [-0.25, -0.2) is 9.37 Å². The average Bonchev–Trinajstić information content (AvgIpc) is 3.19. The van der Waals surface area contributed by atoms with Crippen molar-refractivity contribution < 1.29 is 9.18 Å². The van der Waals surface area contributed by atoms with Gasteiger partial charge in [0.05, 0.1) is 28.3 Å². The number of rotatable bonds is 5. The molecule has 0 atom stereocenters. The summed E-state index contributed by atoms with van der Waals surface area (Å²) in [7, 11) is 0. The molecule has 0 aliphatic heterocycles. The zero-order valence-corrected chi connectivity index (χ0v) is 16.3. The lowest BCUT2D eigenvalue weighted by Crippen LogP contribution is -2.22. The molecule has 2 heterocycles. The summed E-state index contributed by atoms with van der Waals surface area (Å²) >= 11 is 7.05. The Kier molecular flexibility index (Phi) is 5.32. The zero-order valence-electron chi connectivity index (χ0n) is 14.7. The Morgan fingerprint density at radius 1 is 1.24 bits per heavy atom. The first-order chi connectivity index (χ1) is 14.0. The number of benzene rings is 2. The third-order valence-corrected chi connectivity index (χ3v) is 5.27. The molecule has 0 aliphatic rings. The van der Waals surface area contributed by atoms with Gasteiger partial charge in [-0.3, -0.25) is 19.3 Å². The fourth-order valence-corrected chi connectivity index (χ4v) is 3.66. The SMILES string of the molecule is O=C(CSc1nc2[nH]ncc2c(=O)n1-c1ccccc1)Nc1cc(F)ccc1Cl. The van der Waals surface area contributed by atoms with Gasteiger partial charge in [-0.05, 0) is 30.3 Å². The molecule has 1 amide bonds. The molecule has 0 radical (unpaired) electrons. The number of carbonyl (C=O) groups excluding carboxylic acids is 1. The van der Waals surface area contributed by atoms with Crippen molar-refractivity contribution in [2.75, 3.05) is 11.1 Å². The van der Waals surface area contributed by atoms with Gasteiger partial charge >= 0.3 is 0 Å². The number of aromatic amines is 1. The molecule has 7 nitrogen and oxygen atoms in total. The van der Waals surface area contributed by atoms with Crippen LogP contribution in [-0.2, 0) is 4.79 Å². The summed E-state index contributed by atoms with van der Waals surface area (Å²) in [6, 6.07) is 12.7. The highest BCUT2D eigenvalue weighted by molar-refractivity contribution is 7.99. The Morgan fingerprint density at radius 2 is 2.03 bits per heavy atom. The van der Waals surface area contributed by atoms with Crippen molar-refractivity contribution in [1.82, 2.24) is 19.7 Å². The van der Waals surface area contributed by atoms with Crippen LogP contribution in [0.3, 0.4) is 0 Å². The predicted octanol–water partition coefficient (Wildman–Crippen LogP) is 3.63. The summed E-state index contributed by atoms with van der Waals surface area (Å²) in [5.41, 5.74) is 0.822. The number of H-pyrrole nitrogens is 1. The van der Waals surface area contributed by atoms with E-state index >= 15 is 0 Å². The molecule has 0 saturated heterocycles. The highest BCUT2D eigenvalue weighted by Crippen LogP contribution is 2.24. The van der Waals surface area contributed by atoms with E-state index in [-0.39, 0.29) is 22.0 Å². The van der Waals surface area contributed by atoms with Crippen molar-refractivity contribution in [2.45, 2.75) is 5.16 Å². The van der Waals surface area contributed by atoms with E-state index in [2.05, 4.69) is 20.5 Å². The number of aromatic nitrogens is 4. The highest BCUT2D eigenvalue weighted by Gasteiger charge is 2.16. The van der Waals surface area contributed by atoms with Gasteiger partial charge < -0.3 is 5.32 Å². The van der Waals surface area contributed by atoms with Crippen LogP contribution in [0.1, 0.15) is 0 Å². The van der Waals surface area contributed by atoms with Gasteiger partial charge in [0, 0.05) is 0 Å². The third-order valence-electron chi connectivity index (χ3n) is 4.00. The standard InChI is InChI=1S/C19H13ClFN5O2S/c20-14-7-6-11(21)8-15(14)23-16(27)10-29-19-24-17-13(9-22-25-17)18(28)26(19)12-4-2-1-3-5-12/h1-9H,10H2,(H,22,25)(H,23,27). The Morgan fingerprint density at radius 3 is 2.83 bits per heavy atom. The zero-order chi connectivity index (χ0) is 20.4. The van der Waals surface area contributed by atoms with Gasteiger partial charge in [-0.2, -0.15) is 5.10 Å². The van der Waals surface area contributed by atoms with Crippen molar-refractivity contribution in [3.63, 3.8) is 0 Å². The molecule has 4 rings (SSSR count). The molecule has 0 fully saturated rings. The first-order valence-electron chi connectivity index (χ1n) is 8.42. The Bertz CT molecular complexity index is 1260. The number of para-hydroxylation sites is 1. The summed E-state index contributed by atoms with van der Waals surface area (Å²) in [6.45, 7) is 0. The maximum Gasteiger partial charge on any atom is 0.269 e. The number of anilines is 1. The van der Waals surface area contributed by atoms with Crippen molar-refractivity contribution in [2.24, 2.45) is 0 Å². The number of fused-ring (bicyclic) bond motifs is 1. The van der Waals surface area contributed by atoms with Crippen LogP contribution in [0.25, 0.3) is 16.7 Å². The third kappa shape index (κ3) is 4.01. The second-order valence-corrected chi connectivity index (χ2v) is 7.31. The van der Waals surface area contributed by atoms with Gasteiger partial charge in [0.25, 0.3) is 5.56 Å². The monoisotopic (exact) mass is 429 g/mol. The van der Waals surface area contributed by atoms with E-state index in [1.165, 1.54) is 22.9 Å². The second kappa shape index (κ2) is 8.06. The molecule has 2 N–H and O–H groups in total. The van der Waals surface area contributed by atoms with Crippen LogP contribution < -0.4 is 10.9 Å². The number of halogens is 2. The quantitative estimate of drug-likeness (QED) is 0.373. The molecule has 2 aromatic carbocycles. The molecule has 4 aromatic rings. The molecule has 2 aromatic heterocycles. The first-order valence-corrected chi connectivity index (χ1v) is 9.78. The Labute approximate surface area is 172 Å². The lowest BCUT2D eigenvalue weighted by atomic mass is 10.3. The van der Waals surface area contributed by atoms with Gasteiger partial charge in [-0.1, -0.05) is 41.6 Å². The summed E-state index contributed by atoms with van der Waals surface area (Å²) in [4.78, 5) is 29.7. The number of hydrogen-bond acceptors (Lipinski definition) is 5. The minimum Gasteiger partial charge on any atom is -0.324 e. The van der Waals surface area contributed by atoms with Crippen LogP contribution in [0.2, 0.25) is 5.02 Å². The number of carbonyl (C=O) groups is 1. The molecule has 29 heavy (non-hydrogen) atoms. The molecular weight excluding hydrogens is 417 g/mol. The largest absolute Gasteiger partial charge is 0.324 e. The van der Waals surface area contributed by atoms with Gasteiger partial charge in [0.2, 0.25) is 5.91 Å². The topological polar surface area (TPSA) is 92.7 Å². The first kappa shape index (κ1) is 19.2. The van der Waals surface area contributed by atoms with E-state index in [0.29, 0.717) is 21.9 Å². The second-order valence-electron chi connectivity index (χ2n) is 5.96. The molecule has 0 bridgehead atoms. The van der Waals surface area contributed by atoms with Gasteiger partial charge in [0.15, 0.2) is 10.8 Å². The van der Waals surface area contributed by atoms with Gasteiger partial charge in [-0.15, -0.1) is 0 Å². The maximum absolute atomic E-state index is 13.4. The molecule has 0 spiro atoms. The van der Waals surface area contributed by atoms with Crippen LogP contribution in [0.15, 0.2) is 64.7 Å². The van der Waals surface area contributed by atoms with E-state index in [1.807, 2.05) is 6.07 Å². The fraction of sp³-hybridized carbons (Fsp3) is 0.0526.